The molecule has 1 aromatic heterocycles. The molecule has 34 heavy (non-hydrogen) atoms. The summed E-state index contributed by atoms with van der Waals surface area (Å²) in [5.41, 5.74) is 1.62. The van der Waals surface area contributed by atoms with Crippen molar-refractivity contribution in [3.8, 4) is 16.9 Å². The fraction of sp³-hybridized carbons (Fsp3) is 0.292. The van der Waals surface area contributed by atoms with Gasteiger partial charge in [-0.05, 0) is 50.6 Å². The Morgan fingerprint density at radius 2 is 1.82 bits per heavy atom. The summed E-state index contributed by atoms with van der Waals surface area (Å²) in [4.78, 5) is 27.1. The highest BCUT2D eigenvalue weighted by Crippen LogP contribution is 2.37. The van der Waals surface area contributed by atoms with Gasteiger partial charge in [-0.1, -0.05) is 33.1 Å². The smallest absolute Gasteiger partial charge is 0.418 e. The standard InChI is InChI=1S/C24H21BrF3N3O3/c1-13-8-14(2)10-15(9-13)21-17-6-7-30(12-20(32)34-3)22(17)23(33)31(29-21)19-11-16(25)4-5-18(19)24(26,27)28/h4-5,8-11H,6-7,12H2,1-3H3. The molecule has 178 valence electrons. The minimum absolute atomic E-state index is 0.155. The number of ether oxygens (including phenoxy) is 1. The van der Waals surface area contributed by atoms with Crippen LogP contribution in [0.25, 0.3) is 16.9 Å². The minimum atomic E-state index is -4.71. The summed E-state index contributed by atoms with van der Waals surface area (Å²) in [6, 6.07) is 9.11. The number of methoxy groups -OCH3 is 1. The Morgan fingerprint density at radius 3 is 2.44 bits per heavy atom. The lowest BCUT2D eigenvalue weighted by molar-refractivity contribution is -0.139. The number of nitrogens with zero attached hydrogens (tertiary/aromatic N) is 3. The van der Waals surface area contributed by atoms with Crippen LogP contribution in [0.4, 0.5) is 18.9 Å². The van der Waals surface area contributed by atoms with Crippen LogP contribution in [0.15, 0.2) is 45.7 Å². The predicted octanol–water partition coefficient (Wildman–Crippen LogP) is 4.83. The maximum absolute atomic E-state index is 13.9. The van der Waals surface area contributed by atoms with Gasteiger partial charge in [0.25, 0.3) is 5.56 Å². The number of carbonyl (C=O) groups is 1. The third kappa shape index (κ3) is 4.46. The van der Waals surface area contributed by atoms with Crippen LogP contribution in [-0.4, -0.2) is 35.9 Å². The van der Waals surface area contributed by atoms with E-state index in [1.54, 1.807) is 4.90 Å². The fourth-order valence-corrected chi connectivity index (χ4v) is 4.62. The molecule has 0 saturated carbocycles. The van der Waals surface area contributed by atoms with Gasteiger partial charge in [0.2, 0.25) is 0 Å². The molecular weight excluding hydrogens is 515 g/mol. The second-order valence-corrected chi connectivity index (χ2v) is 9.09. The second kappa shape index (κ2) is 8.90. The van der Waals surface area contributed by atoms with Crippen molar-refractivity contribution in [3.05, 3.63) is 73.5 Å². The van der Waals surface area contributed by atoms with E-state index in [1.165, 1.54) is 19.2 Å². The summed E-state index contributed by atoms with van der Waals surface area (Å²) >= 11 is 3.20. The lowest BCUT2D eigenvalue weighted by Gasteiger charge is -2.20. The first kappa shape index (κ1) is 24.0. The monoisotopic (exact) mass is 535 g/mol. The molecule has 2 aromatic carbocycles. The number of fused-ring (bicyclic) bond motifs is 1. The van der Waals surface area contributed by atoms with Gasteiger partial charge in [0, 0.05) is 22.1 Å². The highest BCUT2D eigenvalue weighted by Gasteiger charge is 2.36. The van der Waals surface area contributed by atoms with Crippen molar-refractivity contribution in [2.45, 2.75) is 26.4 Å². The molecule has 10 heteroatoms. The number of esters is 1. The van der Waals surface area contributed by atoms with Crippen molar-refractivity contribution in [2.24, 2.45) is 0 Å². The largest absolute Gasteiger partial charge is 0.468 e. The summed E-state index contributed by atoms with van der Waals surface area (Å²) in [6.07, 6.45) is -4.29. The summed E-state index contributed by atoms with van der Waals surface area (Å²) in [5, 5.41) is 4.46. The maximum atomic E-state index is 13.9. The normalized spacial score (nSPS) is 13.2. The number of aromatic nitrogens is 2. The van der Waals surface area contributed by atoms with Gasteiger partial charge < -0.3 is 9.64 Å². The van der Waals surface area contributed by atoms with E-state index in [2.05, 4.69) is 21.0 Å². The van der Waals surface area contributed by atoms with Gasteiger partial charge in [-0.15, -0.1) is 0 Å². The summed E-state index contributed by atoms with van der Waals surface area (Å²) in [5.74, 6) is -0.554. The highest BCUT2D eigenvalue weighted by molar-refractivity contribution is 9.10. The minimum Gasteiger partial charge on any atom is -0.468 e. The van der Waals surface area contributed by atoms with Crippen LogP contribution in [-0.2, 0) is 22.1 Å². The van der Waals surface area contributed by atoms with Crippen molar-refractivity contribution in [1.29, 1.82) is 0 Å². The Kier molecular flexibility index (Phi) is 6.28. The van der Waals surface area contributed by atoms with E-state index >= 15 is 0 Å². The predicted molar refractivity (Wildman–Crippen MR) is 125 cm³/mol. The summed E-state index contributed by atoms with van der Waals surface area (Å²) in [7, 11) is 1.24. The van der Waals surface area contributed by atoms with Crippen LogP contribution in [0.2, 0.25) is 0 Å². The van der Waals surface area contributed by atoms with Gasteiger partial charge in [0.1, 0.15) is 12.2 Å². The first-order valence-corrected chi connectivity index (χ1v) is 11.2. The van der Waals surface area contributed by atoms with E-state index in [-0.39, 0.29) is 12.2 Å². The van der Waals surface area contributed by atoms with Gasteiger partial charge in [0.15, 0.2) is 0 Å². The molecule has 1 aliphatic heterocycles. The Balaban J connectivity index is 2.05. The lowest BCUT2D eigenvalue weighted by Crippen LogP contribution is -2.35. The molecule has 0 N–H and O–H groups in total. The topological polar surface area (TPSA) is 64.4 Å². The Bertz CT molecular complexity index is 1330. The molecule has 0 spiro atoms. The van der Waals surface area contributed by atoms with Crippen LogP contribution < -0.4 is 10.5 Å². The van der Waals surface area contributed by atoms with Crippen LogP contribution in [0.5, 0.6) is 0 Å². The van der Waals surface area contributed by atoms with Gasteiger partial charge in [-0.2, -0.15) is 23.0 Å². The third-order valence-electron chi connectivity index (χ3n) is 5.65. The van der Waals surface area contributed by atoms with Crippen molar-refractivity contribution in [1.82, 2.24) is 9.78 Å². The van der Waals surface area contributed by atoms with Crippen molar-refractivity contribution >= 4 is 27.6 Å². The summed E-state index contributed by atoms with van der Waals surface area (Å²) < 4.78 is 47.5. The van der Waals surface area contributed by atoms with Gasteiger partial charge in [-0.25, -0.2) is 0 Å². The molecule has 1 aliphatic rings. The number of aryl methyl sites for hydroxylation is 2. The summed E-state index contributed by atoms with van der Waals surface area (Å²) in [6.45, 7) is 3.96. The number of alkyl halides is 3. The average Bonchev–Trinajstić information content (AvgIpc) is 3.16. The highest BCUT2D eigenvalue weighted by atomic mass is 79.9. The molecule has 0 amide bonds. The van der Waals surface area contributed by atoms with E-state index in [0.717, 1.165) is 21.9 Å². The number of carbonyl (C=O) groups excluding carboxylic acids is 1. The molecule has 0 saturated heterocycles. The zero-order valence-electron chi connectivity index (χ0n) is 18.7. The van der Waals surface area contributed by atoms with E-state index in [9.17, 15) is 22.8 Å². The zero-order chi connectivity index (χ0) is 24.8. The number of benzene rings is 2. The van der Waals surface area contributed by atoms with E-state index in [0.29, 0.717) is 34.3 Å². The second-order valence-electron chi connectivity index (χ2n) is 8.18. The molecule has 4 rings (SSSR count). The number of hydrogen-bond acceptors (Lipinski definition) is 5. The van der Waals surface area contributed by atoms with Gasteiger partial charge >= 0.3 is 12.1 Å². The van der Waals surface area contributed by atoms with Gasteiger partial charge in [-0.3, -0.25) is 9.59 Å². The molecule has 0 radical (unpaired) electrons. The SMILES string of the molecule is COC(=O)CN1CCc2c(-c3cc(C)cc(C)c3)nn(-c3cc(Br)ccc3C(F)(F)F)c(=O)c21. The zero-order valence-corrected chi connectivity index (χ0v) is 20.2. The number of halogens is 4. The number of hydrogen-bond donors (Lipinski definition) is 0. The van der Waals surface area contributed by atoms with Crippen molar-refractivity contribution in [3.63, 3.8) is 0 Å². The Labute approximate surface area is 202 Å². The maximum Gasteiger partial charge on any atom is 0.418 e. The quantitative estimate of drug-likeness (QED) is 0.447. The van der Waals surface area contributed by atoms with Gasteiger partial charge in [0.05, 0.1) is 24.1 Å². The molecule has 0 unspecified atom stereocenters. The average molecular weight is 536 g/mol. The van der Waals surface area contributed by atoms with Crippen molar-refractivity contribution in [2.75, 3.05) is 25.1 Å². The Morgan fingerprint density at radius 1 is 1.15 bits per heavy atom. The molecule has 0 bridgehead atoms. The lowest BCUT2D eigenvalue weighted by atomic mass is 10.0. The first-order chi connectivity index (χ1) is 16.0. The fourth-order valence-electron chi connectivity index (χ4n) is 4.27. The van der Waals surface area contributed by atoms with Crippen LogP contribution in [0.1, 0.15) is 22.3 Å². The van der Waals surface area contributed by atoms with E-state index < -0.39 is 29.0 Å². The van der Waals surface area contributed by atoms with Crippen LogP contribution in [0, 0.1) is 13.8 Å². The van der Waals surface area contributed by atoms with Crippen LogP contribution in [0.3, 0.4) is 0 Å². The molecule has 0 aliphatic carbocycles. The number of anilines is 1. The molecule has 2 heterocycles. The van der Waals surface area contributed by atoms with E-state index in [1.807, 2.05) is 32.0 Å². The number of rotatable bonds is 4. The molecule has 0 fully saturated rings. The first-order valence-electron chi connectivity index (χ1n) is 10.4. The van der Waals surface area contributed by atoms with Crippen LogP contribution >= 0.6 is 15.9 Å². The Hall–Kier alpha value is -3.14. The molecular formula is C24H21BrF3N3O3. The molecule has 6 nitrogen and oxygen atoms in total. The van der Waals surface area contributed by atoms with Crippen molar-refractivity contribution < 1.29 is 22.7 Å². The third-order valence-corrected chi connectivity index (χ3v) is 6.14. The molecule has 0 atom stereocenters. The molecule has 3 aromatic rings. The van der Waals surface area contributed by atoms with E-state index in [4.69, 9.17) is 4.74 Å².